The third kappa shape index (κ3) is 8.12. The van der Waals surface area contributed by atoms with Gasteiger partial charge in [-0.3, -0.25) is 0 Å². The van der Waals surface area contributed by atoms with E-state index in [-0.39, 0.29) is 25.1 Å². The molecule has 0 atom stereocenters. The summed E-state index contributed by atoms with van der Waals surface area (Å²) in [6.45, 7) is 8.49. The van der Waals surface area contributed by atoms with Crippen molar-refractivity contribution in [2.75, 3.05) is 20.0 Å². The lowest BCUT2D eigenvalue weighted by atomic mass is 10.2. The van der Waals surface area contributed by atoms with Crippen LogP contribution in [-0.2, 0) is 18.9 Å². The zero-order valence-corrected chi connectivity index (χ0v) is 13.8. The molecule has 0 heterocycles. The minimum absolute atomic E-state index is 0.108. The number of benzene rings is 1. The largest absolute Gasteiger partial charge is 0.435 e. The highest BCUT2D eigenvalue weighted by Gasteiger charge is 2.14. The second-order valence-corrected chi connectivity index (χ2v) is 5.47. The second-order valence-electron chi connectivity index (χ2n) is 5.47. The summed E-state index contributed by atoms with van der Waals surface area (Å²) >= 11 is 0. The Kier molecular flexibility index (Phi) is 8.74. The molecule has 0 amide bonds. The van der Waals surface area contributed by atoms with Crippen molar-refractivity contribution >= 4 is 5.97 Å². The molecule has 0 aliphatic rings. The Balaban J connectivity index is 2.36. The molecule has 0 unspecified atom stereocenters. The Morgan fingerprint density at radius 3 is 1.95 bits per heavy atom. The number of hydrogen-bond acceptors (Lipinski definition) is 5. The van der Waals surface area contributed by atoms with Crippen LogP contribution in [0.2, 0.25) is 0 Å². The van der Waals surface area contributed by atoms with Crippen LogP contribution in [0.25, 0.3) is 0 Å². The van der Waals surface area contributed by atoms with E-state index in [0.29, 0.717) is 18.8 Å². The van der Waals surface area contributed by atoms with E-state index in [1.807, 2.05) is 33.8 Å². The minimum Gasteiger partial charge on any atom is -0.435 e. The average Bonchev–Trinajstić information content (AvgIpc) is 2.49. The molecule has 0 bridgehead atoms. The van der Waals surface area contributed by atoms with E-state index in [4.69, 9.17) is 18.9 Å². The molecule has 0 aliphatic heterocycles. The lowest BCUT2D eigenvalue weighted by molar-refractivity contribution is -0.125. The van der Waals surface area contributed by atoms with Crippen molar-refractivity contribution in [2.24, 2.45) is 0 Å². The van der Waals surface area contributed by atoms with Crippen LogP contribution < -0.4 is 0 Å². The first kappa shape index (κ1) is 18.6. The summed E-state index contributed by atoms with van der Waals surface area (Å²) in [6, 6.07) is 8.81. The van der Waals surface area contributed by atoms with Crippen LogP contribution in [0.5, 0.6) is 0 Å². The molecule has 0 saturated carbocycles. The van der Waals surface area contributed by atoms with E-state index in [0.717, 1.165) is 0 Å². The first-order valence-electron chi connectivity index (χ1n) is 7.56. The Morgan fingerprint density at radius 2 is 1.45 bits per heavy atom. The van der Waals surface area contributed by atoms with Gasteiger partial charge in [0.1, 0.15) is 6.10 Å². The molecule has 0 radical (unpaired) electrons. The van der Waals surface area contributed by atoms with Crippen LogP contribution in [0.3, 0.4) is 0 Å². The Hall–Kier alpha value is -1.43. The van der Waals surface area contributed by atoms with Gasteiger partial charge in [-0.25, -0.2) is 4.79 Å². The fourth-order valence-electron chi connectivity index (χ4n) is 1.59. The van der Waals surface area contributed by atoms with E-state index >= 15 is 0 Å². The first-order valence-corrected chi connectivity index (χ1v) is 7.56. The average molecular weight is 310 g/mol. The maximum Gasteiger partial charge on any atom is 0.340 e. The molecule has 22 heavy (non-hydrogen) atoms. The number of ether oxygens (including phenoxy) is 4. The van der Waals surface area contributed by atoms with Crippen molar-refractivity contribution in [1.82, 2.24) is 0 Å². The van der Waals surface area contributed by atoms with Crippen LogP contribution in [0.4, 0.5) is 0 Å². The number of carbonyl (C=O) groups is 1. The zero-order chi connectivity index (χ0) is 16.4. The molecule has 124 valence electrons. The third-order valence-corrected chi connectivity index (χ3v) is 2.73. The zero-order valence-electron chi connectivity index (χ0n) is 13.8. The predicted octanol–water partition coefficient (Wildman–Crippen LogP) is 3.04. The van der Waals surface area contributed by atoms with Crippen LogP contribution in [0.15, 0.2) is 30.3 Å². The smallest absolute Gasteiger partial charge is 0.340 e. The first-order chi connectivity index (χ1) is 10.5. The van der Waals surface area contributed by atoms with Crippen molar-refractivity contribution in [1.29, 1.82) is 0 Å². The molecule has 5 nitrogen and oxygen atoms in total. The molecule has 0 N–H and O–H groups in total. The standard InChI is InChI=1S/C17H26O5/c1-13(2)19-10-16(11-20-14(3)4)21-12-22-17(18)15-8-6-5-7-9-15/h5-9,13-14,16H,10-12H2,1-4H3. The summed E-state index contributed by atoms with van der Waals surface area (Å²) in [6.07, 6.45) is -0.0533. The van der Waals surface area contributed by atoms with Crippen LogP contribution >= 0.6 is 0 Å². The fraction of sp³-hybridized carbons (Fsp3) is 0.588. The highest BCUT2D eigenvalue weighted by Crippen LogP contribution is 2.04. The fourth-order valence-corrected chi connectivity index (χ4v) is 1.59. The quantitative estimate of drug-likeness (QED) is 0.491. The monoisotopic (exact) mass is 310 g/mol. The van der Waals surface area contributed by atoms with Gasteiger partial charge in [0.05, 0.1) is 31.0 Å². The van der Waals surface area contributed by atoms with Gasteiger partial charge >= 0.3 is 5.97 Å². The third-order valence-electron chi connectivity index (χ3n) is 2.73. The van der Waals surface area contributed by atoms with Gasteiger partial charge in [0.25, 0.3) is 0 Å². The summed E-state index contributed by atoms with van der Waals surface area (Å²) < 4.78 is 21.7. The maximum absolute atomic E-state index is 11.8. The summed E-state index contributed by atoms with van der Waals surface area (Å²) in [4.78, 5) is 11.8. The number of esters is 1. The number of hydrogen-bond donors (Lipinski definition) is 0. The van der Waals surface area contributed by atoms with E-state index < -0.39 is 5.97 Å². The summed E-state index contributed by atoms with van der Waals surface area (Å²) in [5, 5.41) is 0. The molecule has 1 rings (SSSR count). The van der Waals surface area contributed by atoms with E-state index in [1.165, 1.54) is 0 Å². The minimum atomic E-state index is -0.408. The summed E-state index contributed by atoms with van der Waals surface area (Å²) in [5.74, 6) is -0.408. The normalized spacial score (nSPS) is 11.4. The number of carbonyl (C=O) groups excluding carboxylic acids is 1. The lowest BCUT2D eigenvalue weighted by Gasteiger charge is -2.20. The number of rotatable bonds is 10. The van der Waals surface area contributed by atoms with Gasteiger partial charge in [-0.2, -0.15) is 0 Å². The van der Waals surface area contributed by atoms with Gasteiger partial charge in [0.15, 0.2) is 6.79 Å². The summed E-state index contributed by atoms with van der Waals surface area (Å²) in [7, 11) is 0. The van der Waals surface area contributed by atoms with Gasteiger partial charge in [0.2, 0.25) is 0 Å². The Bertz CT molecular complexity index is 404. The van der Waals surface area contributed by atoms with Gasteiger partial charge in [-0.15, -0.1) is 0 Å². The van der Waals surface area contributed by atoms with E-state index in [1.54, 1.807) is 24.3 Å². The SMILES string of the molecule is CC(C)OCC(COC(C)C)OCOC(=O)c1ccccc1. The maximum atomic E-state index is 11.8. The van der Waals surface area contributed by atoms with Crippen LogP contribution in [-0.4, -0.2) is 44.3 Å². The topological polar surface area (TPSA) is 54.0 Å². The van der Waals surface area contributed by atoms with E-state index in [2.05, 4.69) is 0 Å². The Morgan fingerprint density at radius 1 is 0.909 bits per heavy atom. The van der Waals surface area contributed by atoms with E-state index in [9.17, 15) is 4.79 Å². The molecule has 0 fully saturated rings. The van der Waals surface area contributed by atoms with Gasteiger partial charge in [0, 0.05) is 0 Å². The molecule has 0 saturated heterocycles. The molecular formula is C17H26O5. The molecule has 1 aromatic carbocycles. The molecule has 0 aliphatic carbocycles. The van der Waals surface area contributed by atoms with Gasteiger partial charge < -0.3 is 18.9 Å². The van der Waals surface area contributed by atoms with Crippen molar-refractivity contribution in [2.45, 2.75) is 46.0 Å². The lowest BCUT2D eigenvalue weighted by Crippen LogP contribution is -2.30. The molecule has 0 aromatic heterocycles. The molecule has 0 spiro atoms. The van der Waals surface area contributed by atoms with Gasteiger partial charge in [-0.1, -0.05) is 18.2 Å². The Labute approximate surface area is 132 Å². The second kappa shape index (κ2) is 10.3. The molecular weight excluding hydrogens is 284 g/mol. The highest BCUT2D eigenvalue weighted by atomic mass is 16.7. The summed E-state index contributed by atoms with van der Waals surface area (Å²) in [5.41, 5.74) is 0.500. The van der Waals surface area contributed by atoms with Crippen LogP contribution in [0, 0.1) is 0 Å². The highest BCUT2D eigenvalue weighted by molar-refractivity contribution is 5.89. The van der Waals surface area contributed by atoms with Gasteiger partial charge in [-0.05, 0) is 39.8 Å². The van der Waals surface area contributed by atoms with Crippen molar-refractivity contribution in [3.8, 4) is 0 Å². The predicted molar refractivity (Wildman–Crippen MR) is 83.8 cm³/mol. The molecule has 1 aromatic rings. The van der Waals surface area contributed by atoms with Crippen LogP contribution in [0.1, 0.15) is 38.1 Å². The van der Waals surface area contributed by atoms with Crippen molar-refractivity contribution in [3.63, 3.8) is 0 Å². The molecule has 5 heteroatoms. The van der Waals surface area contributed by atoms with Crippen molar-refractivity contribution in [3.05, 3.63) is 35.9 Å². The van der Waals surface area contributed by atoms with Crippen molar-refractivity contribution < 1.29 is 23.7 Å².